The van der Waals surface area contributed by atoms with E-state index in [9.17, 15) is 4.79 Å². The van der Waals surface area contributed by atoms with Crippen molar-refractivity contribution in [2.75, 3.05) is 14.2 Å². The molecule has 0 aliphatic heterocycles. The van der Waals surface area contributed by atoms with Gasteiger partial charge in [0.1, 0.15) is 17.2 Å². The first-order valence-electron chi connectivity index (χ1n) is 10.3. The maximum atomic E-state index is 12.6. The lowest BCUT2D eigenvalue weighted by molar-refractivity contribution is 0.0950. The highest BCUT2D eigenvalue weighted by atomic mass is 16.5. The molecule has 0 fully saturated rings. The molecule has 1 N–H and O–H groups in total. The maximum absolute atomic E-state index is 12.6. The summed E-state index contributed by atoms with van der Waals surface area (Å²) in [4.78, 5) is 21.1. The van der Waals surface area contributed by atoms with E-state index in [0.29, 0.717) is 29.4 Å². The Morgan fingerprint density at radius 1 is 0.818 bits per heavy atom. The number of ether oxygens (including phenoxy) is 3. The maximum Gasteiger partial charge on any atom is 0.321 e. The Morgan fingerprint density at radius 2 is 1.55 bits per heavy atom. The predicted octanol–water partition coefficient (Wildman–Crippen LogP) is 4.88. The molecule has 4 rings (SSSR count). The Morgan fingerprint density at radius 3 is 2.21 bits per heavy atom. The van der Waals surface area contributed by atoms with Gasteiger partial charge in [-0.2, -0.15) is 0 Å². The summed E-state index contributed by atoms with van der Waals surface area (Å²) in [6.07, 6.45) is 3.38. The number of hydrogen-bond acceptors (Lipinski definition) is 6. The van der Waals surface area contributed by atoms with E-state index in [1.807, 2.05) is 60.7 Å². The summed E-state index contributed by atoms with van der Waals surface area (Å²) in [6.45, 7) is 0.317. The highest BCUT2D eigenvalue weighted by Gasteiger charge is 2.10. The molecule has 166 valence electrons. The fourth-order valence-corrected chi connectivity index (χ4v) is 3.22. The Bertz CT molecular complexity index is 1210. The molecule has 0 spiro atoms. The van der Waals surface area contributed by atoms with Crippen molar-refractivity contribution < 1.29 is 19.0 Å². The van der Waals surface area contributed by atoms with E-state index in [1.54, 1.807) is 38.7 Å². The standard InChI is InChI=1S/C26H23N3O4/c1-31-23-12-13-24(32-2)20(14-23)15-27-25(30)19-10-8-18(9-11-19)21-16-28-26(29-17-21)33-22-6-4-3-5-7-22/h3-14,16-17H,15H2,1-2H3,(H,27,30). The van der Waals surface area contributed by atoms with Crippen LogP contribution in [0.2, 0.25) is 0 Å². The Balaban J connectivity index is 1.39. The van der Waals surface area contributed by atoms with Gasteiger partial charge in [-0.25, -0.2) is 9.97 Å². The van der Waals surface area contributed by atoms with Crippen LogP contribution in [-0.2, 0) is 6.54 Å². The molecule has 0 atom stereocenters. The number of carbonyl (C=O) groups excluding carboxylic acids is 1. The smallest absolute Gasteiger partial charge is 0.321 e. The van der Waals surface area contributed by atoms with Gasteiger partial charge < -0.3 is 19.5 Å². The van der Waals surface area contributed by atoms with Crippen LogP contribution in [0.3, 0.4) is 0 Å². The van der Waals surface area contributed by atoms with Crippen LogP contribution < -0.4 is 19.5 Å². The lowest BCUT2D eigenvalue weighted by Crippen LogP contribution is -2.23. The number of hydrogen-bond donors (Lipinski definition) is 1. The molecule has 4 aromatic rings. The van der Waals surface area contributed by atoms with E-state index in [1.165, 1.54) is 0 Å². The summed E-state index contributed by atoms with van der Waals surface area (Å²) in [5.74, 6) is 1.87. The summed E-state index contributed by atoms with van der Waals surface area (Å²) in [6, 6.07) is 22.3. The van der Waals surface area contributed by atoms with E-state index in [0.717, 1.165) is 16.7 Å². The number of nitrogens with zero attached hydrogens (tertiary/aromatic N) is 2. The zero-order valence-electron chi connectivity index (χ0n) is 18.3. The van der Waals surface area contributed by atoms with Crippen molar-refractivity contribution >= 4 is 5.91 Å². The summed E-state index contributed by atoms with van der Waals surface area (Å²) < 4.78 is 16.2. The molecule has 0 radical (unpaired) electrons. The van der Waals surface area contributed by atoms with Gasteiger partial charge in [-0.05, 0) is 48.0 Å². The van der Waals surface area contributed by atoms with Crippen LogP contribution in [0.1, 0.15) is 15.9 Å². The van der Waals surface area contributed by atoms with Crippen LogP contribution >= 0.6 is 0 Å². The molecule has 7 heteroatoms. The molecule has 3 aromatic carbocycles. The molecular weight excluding hydrogens is 418 g/mol. The molecule has 1 amide bonds. The average molecular weight is 441 g/mol. The van der Waals surface area contributed by atoms with Gasteiger partial charge in [0.2, 0.25) is 0 Å². The number of para-hydroxylation sites is 1. The van der Waals surface area contributed by atoms with E-state index in [-0.39, 0.29) is 11.9 Å². The van der Waals surface area contributed by atoms with Crippen LogP contribution in [0, 0.1) is 0 Å². The van der Waals surface area contributed by atoms with Crippen molar-refractivity contribution in [3.63, 3.8) is 0 Å². The molecule has 0 saturated heterocycles. The second kappa shape index (κ2) is 10.3. The third-order valence-corrected chi connectivity index (χ3v) is 4.99. The van der Waals surface area contributed by atoms with Crippen molar-refractivity contribution in [1.29, 1.82) is 0 Å². The monoisotopic (exact) mass is 441 g/mol. The van der Waals surface area contributed by atoms with Crippen molar-refractivity contribution in [2.45, 2.75) is 6.54 Å². The number of rotatable bonds is 8. The van der Waals surface area contributed by atoms with Gasteiger partial charge in [0.25, 0.3) is 5.91 Å². The minimum absolute atomic E-state index is 0.186. The number of methoxy groups -OCH3 is 2. The topological polar surface area (TPSA) is 82.6 Å². The molecular formula is C26H23N3O4. The Hall–Kier alpha value is -4.39. The lowest BCUT2D eigenvalue weighted by Gasteiger charge is -2.12. The van der Waals surface area contributed by atoms with Crippen LogP contribution in [0.15, 0.2) is 85.2 Å². The zero-order valence-corrected chi connectivity index (χ0v) is 18.3. The van der Waals surface area contributed by atoms with Crippen LogP contribution in [0.25, 0.3) is 11.1 Å². The second-order valence-electron chi connectivity index (χ2n) is 7.11. The number of benzene rings is 3. The first-order valence-corrected chi connectivity index (χ1v) is 10.3. The van der Waals surface area contributed by atoms with Gasteiger partial charge in [0.15, 0.2) is 0 Å². The van der Waals surface area contributed by atoms with Gasteiger partial charge in [0, 0.05) is 35.6 Å². The number of amides is 1. The highest BCUT2D eigenvalue weighted by Crippen LogP contribution is 2.24. The van der Waals surface area contributed by atoms with Crippen molar-refractivity contribution in [2.24, 2.45) is 0 Å². The molecule has 0 aliphatic rings. The SMILES string of the molecule is COc1ccc(OC)c(CNC(=O)c2ccc(-c3cnc(Oc4ccccc4)nc3)cc2)c1. The third kappa shape index (κ3) is 5.46. The first-order chi connectivity index (χ1) is 16.2. The van der Waals surface area contributed by atoms with Crippen molar-refractivity contribution in [3.05, 3.63) is 96.3 Å². The first kappa shape index (κ1) is 21.8. The number of carbonyl (C=O) groups is 1. The van der Waals surface area contributed by atoms with E-state index >= 15 is 0 Å². The minimum atomic E-state index is -0.186. The molecule has 0 saturated carbocycles. The molecule has 0 bridgehead atoms. The highest BCUT2D eigenvalue weighted by molar-refractivity contribution is 5.94. The molecule has 1 aromatic heterocycles. The van der Waals surface area contributed by atoms with Gasteiger partial charge in [-0.3, -0.25) is 4.79 Å². The minimum Gasteiger partial charge on any atom is -0.497 e. The number of aromatic nitrogens is 2. The Kier molecular flexibility index (Phi) is 6.80. The summed E-state index contributed by atoms with van der Waals surface area (Å²) in [7, 11) is 3.19. The average Bonchev–Trinajstić information content (AvgIpc) is 2.88. The summed E-state index contributed by atoms with van der Waals surface area (Å²) in [5, 5.41) is 2.92. The van der Waals surface area contributed by atoms with Gasteiger partial charge in [-0.15, -0.1) is 0 Å². The summed E-state index contributed by atoms with van der Waals surface area (Å²) >= 11 is 0. The quantitative estimate of drug-likeness (QED) is 0.420. The normalized spacial score (nSPS) is 10.4. The van der Waals surface area contributed by atoms with E-state index in [2.05, 4.69) is 15.3 Å². The van der Waals surface area contributed by atoms with Gasteiger partial charge in [0.05, 0.1) is 14.2 Å². The van der Waals surface area contributed by atoms with Crippen LogP contribution in [0.4, 0.5) is 0 Å². The zero-order chi connectivity index (χ0) is 23.0. The molecule has 7 nitrogen and oxygen atoms in total. The van der Waals surface area contributed by atoms with Gasteiger partial charge >= 0.3 is 6.01 Å². The second-order valence-corrected chi connectivity index (χ2v) is 7.11. The summed E-state index contributed by atoms with van der Waals surface area (Å²) in [5.41, 5.74) is 3.10. The predicted molar refractivity (Wildman–Crippen MR) is 125 cm³/mol. The lowest BCUT2D eigenvalue weighted by atomic mass is 10.1. The Labute approximate surface area is 192 Å². The molecule has 0 unspecified atom stereocenters. The van der Waals surface area contributed by atoms with E-state index in [4.69, 9.17) is 14.2 Å². The molecule has 33 heavy (non-hydrogen) atoms. The number of nitrogens with one attached hydrogen (secondary N) is 1. The van der Waals surface area contributed by atoms with E-state index < -0.39 is 0 Å². The fourth-order valence-electron chi connectivity index (χ4n) is 3.22. The van der Waals surface area contributed by atoms with Crippen molar-refractivity contribution in [3.8, 4) is 34.4 Å². The third-order valence-electron chi connectivity index (χ3n) is 4.99. The fraction of sp³-hybridized carbons (Fsp3) is 0.115. The van der Waals surface area contributed by atoms with Crippen LogP contribution in [-0.4, -0.2) is 30.1 Å². The largest absolute Gasteiger partial charge is 0.497 e. The van der Waals surface area contributed by atoms with Gasteiger partial charge in [-0.1, -0.05) is 30.3 Å². The van der Waals surface area contributed by atoms with Crippen LogP contribution in [0.5, 0.6) is 23.3 Å². The molecule has 1 heterocycles. The van der Waals surface area contributed by atoms with Crippen molar-refractivity contribution in [1.82, 2.24) is 15.3 Å². The molecule has 0 aliphatic carbocycles.